The lowest BCUT2D eigenvalue weighted by Crippen LogP contribution is -2.64. The molecule has 3 rings (SSSR count). The summed E-state index contributed by atoms with van der Waals surface area (Å²) in [5.41, 5.74) is 0. The Morgan fingerprint density at radius 1 is 1.17 bits per heavy atom. The summed E-state index contributed by atoms with van der Waals surface area (Å²) in [5, 5.41) is 2.47. The van der Waals surface area contributed by atoms with Gasteiger partial charge in [0.25, 0.3) is 5.91 Å². The highest BCUT2D eigenvalue weighted by molar-refractivity contribution is 6.03. The highest BCUT2D eigenvalue weighted by Crippen LogP contribution is 2.27. The van der Waals surface area contributed by atoms with Crippen molar-refractivity contribution in [3.05, 3.63) is 0 Å². The topological polar surface area (TPSA) is 68.2 Å². The molecular formula is C17H29N5O2. The van der Waals surface area contributed by atoms with Gasteiger partial charge in [0.15, 0.2) is 18.2 Å². The van der Waals surface area contributed by atoms with Gasteiger partial charge in [0.1, 0.15) is 0 Å². The van der Waals surface area contributed by atoms with E-state index in [0.29, 0.717) is 5.92 Å². The van der Waals surface area contributed by atoms with E-state index in [9.17, 15) is 9.59 Å². The fourth-order valence-electron chi connectivity index (χ4n) is 3.68. The van der Waals surface area contributed by atoms with Crippen LogP contribution in [0.3, 0.4) is 0 Å². The number of carbonyl (C=O) groups excluding carboxylic acids is 2. The molecule has 2 unspecified atom stereocenters. The highest BCUT2D eigenvalue weighted by atomic mass is 16.2. The van der Waals surface area contributed by atoms with Crippen molar-refractivity contribution in [2.24, 2.45) is 10.9 Å². The summed E-state index contributed by atoms with van der Waals surface area (Å²) < 4.78 is 0. The Morgan fingerprint density at radius 3 is 2.46 bits per heavy atom. The molecule has 0 aromatic heterocycles. The number of hydrogen-bond acceptors (Lipinski definition) is 5. The first-order valence-corrected chi connectivity index (χ1v) is 9.16. The van der Waals surface area contributed by atoms with Gasteiger partial charge in [-0.1, -0.05) is 26.7 Å². The monoisotopic (exact) mass is 335 g/mol. The third kappa shape index (κ3) is 3.21. The van der Waals surface area contributed by atoms with E-state index in [1.54, 1.807) is 11.9 Å². The van der Waals surface area contributed by atoms with Gasteiger partial charge in [0.05, 0.1) is 0 Å². The first-order chi connectivity index (χ1) is 11.5. The molecule has 0 radical (unpaired) electrons. The highest BCUT2D eigenvalue weighted by Gasteiger charge is 2.49. The first kappa shape index (κ1) is 17.0. The van der Waals surface area contributed by atoms with E-state index in [-0.39, 0.29) is 11.9 Å². The second-order valence-electron chi connectivity index (χ2n) is 7.47. The van der Waals surface area contributed by atoms with Crippen LogP contribution in [0, 0.1) is 5.92 Å². The summed E-state index contributed by atoms with van der Waals surface area (Å²) in [5.74, 6) is 1.24. The van der Waals surface area contributed by atoms with E-state index in [2.05, 4.69) is 29.0 Å². The quantitative estimate of drug-likeness (QED) is 0.848. The Balaban J connectivity index is 1.87. The van der Waals surface area contributed by atoms with Gasteiger partial charge >= 0.3 is 6.03 Å². The number of nitrogens with zero attached hydrogens (tertiary/aromatic N) is 4. The molecule has 0 aliphatic carbocycles. The third-order valence-electron chi connectivity index (χ3n) is 5.17. The zero-order valence-electron chi connectivity index (χ0n) is 15.0. The van der Waals surface area contributed by atoms with Crippen LogP contribution in [0.25, 0.3) is 0 Å². The Morgan fingerprint density at radius 2 is 1.83 bits per heavy atom. The molecular weight excluding hydrogens is 306 g/mol. The van der Waals surface area contributed by atoms with Gasteiger partial charge < -0.3 is 14.7 Å². The normalized spacial score (nSPS) is 28.0. The van der Waals surface area contributed by atoms with Crippen molar-refractivity contribution >= 4 is 17.9 Å². The zero-order valence-corrected chi connectivity index (χ0v) is 15.0. The van der Waals surface area contributed by atoms with Gasteiger partial charge in [0.2, 0.25) is 0 Å². The summed E-state index contributed by atoms with van der Waals surface area (Å²) >= 11 is 0. The second kappa shape index (κ2) is 6.99. The van der Waals surface area contributed by atoms with Gasteiger partial charge in [0, 0.05) is 26.7 Å². The van der Waals surface area contributed by atoms with Crippen LogP contribution in [0.1, 0.15) is 46.0 Å². The maximum absolute atomic E-state index is 12.5. The van der Waals surface area contributed by atoms with Crippen LogP contribution in [0.4, 0.5) is 4.79 Å². The first-order valence-electron chi connectivity index (χ1n) is 9.16. The fourth-order valence-corrected chi connectivity index (χ4v) is 3.68. The molecule has 2 saturated heterocycles. The SMILES string of the molecule is CC(C)CCN1C(N2CCCCCC2)=NC2C1C(=O)NC(=O)N2C. The minimum atomic E-state index is -0.406. The number of fused-ring (bicyclic) bond motifs is 1. The van der Waals surface area contributed by atoms with Gasteiger partial charge in [-0.05, 0) is 25.2 Å². The van der Waals surface area contributed by atoms with Crippen molar-refractivity contribution < 1.29 is 9.59 Å². The van der Waals surface area contributed by atoms with E-state index in [1.807, 2.05) is 0 Å². The minimum Gasteiger partial charge on any atom is -0.343 e. The molecule has 2 atom stereocenters. The molecule has 0 aromatic carbocycles. The van der Waals surface area contributed by atoms with Crippen LogP contribution >= 0.6 is 0 Å². The standard InChI is InChI=1S/C17H29N5O2/c1-12(2)8-11-22-13-14(20(3)17(24)19-15(13)23)18-16(22)21-9-6-4-5-7-10-21/h12-14H,4-11H2,1-3H3,(H,19,23,24). The van der Waals surface area contributed by atoms with Crippen LogP contribution in [-0.2, 0) is 4.79 Å². The summed E-state index contributed by atoms with van der Waals surface area (Å²) in [6.45, 7) is 7.13. The molecule has 3 amide bonds. The van der Waals surface area contributed by atoms with E-state index in [4.69, 9.17) is 4.99 Å². The average molecular weight is 335 g/mol. The van der Waals surface area contributed by atoms with Crippen LogP contribution in [0.2, 0.25) is 0 Å². The van der Waals surface area contributed by atoms with E-state index in [1.165, 1.54) is 12.8 Å². The van der Waals surface area contributed by atoms with Gasteiger partial charge in [-0.2, -0.15) is 0 Å². The smallest absolute Gasteiger partial charge is 0.325 e. The molecule has 2 fully saturated rings. The zero-order chi connectivity index (χ0) is 17.3. The van der Waals surface area contributed by atoms with Gasteiger partial charge in [-0.25, -0.2) is 9.79 Å². The van der Waals surface area contributed by atoms with Crippen LogP contribution in [0.15, 0.2) is 4.99 Å². The number of hydrogen-bond donors (Lipinski definition) is 1. The number of guanidine groups is 1. The molecule has 0 aromatic rings. The van der Waals surface area contributed by atoms with Crippen molar-refractivity contribution in [3.63, 3.8) is 0 Å². The summed E-state index contributed by atoms with van der Waals surface area (Å²) in [6.07, 6.45) is 5.42. The minimum absolute atomic E-state index is 0.222. The number of aliphatic imine (C=N–C) groups is 1. The fraction of sp³-hybridized carbons (Fsp3) is 0.824. The number of likely N-dealkylation sites (tertiary alicyclic amines) is 1. The number of urea groups is 1. The lowest BCUT2D eigenvalue weighted by Gasteiger charge is -2.38. The van der Waals surface area contributed by atoms with Crippen molar-refractivity contribution in [1.29, 1.82) is 0 Å². The van der Waals surface area contributed by atoms with E-state index in [0.717, 1.165) is 44.9 Å². The molecule has 7 heteroatoms. The molecule has 134 valence electrons. The van der Waals surface area contributed by atoms with Crippen LogP contribution in [0.5, 0.6) is 0 Å². The average Bonchev–Trinajstić information content (AvgIpc) is 2.71. The predicted molar refractivity (Wildman–Crippen MR) is 92.5 cm³/mol. The molecule has 7 nitrogen and oxygen atoms in total. The number of imide groups is 1. The Bertz CT molecular complexity index is 525. The second-order valence-corrected chi connectivity index (χ2v) is 7.47. The molecule has 0 bridgehead atoms. The number of carbonyl (C=O) groups is 2. The number of amides is 3. The largest absolute Gasteiger partial charge is 0.343 e. The Hall–Kier alpha value is -1.79. The maximum Gasteiger partial charge on any atom is 0.325 e. The summed E-state index contributed by atoms with van der Waals surface area (Å²) in [7, 11) is 1.72. The van der Waals surface area contributed by atoms with Crippen LogP contribution < -0.4 is 5.32 Å². The number of nitrogens with one attached hydrogen (secondary N) is 1. The maximum atomic E-state index is 12.5. The van der Waals surface area contributed by atoms with Crippen molar-refractivity contribution in [3.8, 4) is 0 Å². The Kier molecular flexibility index (Phi) is 4.96. The van der Waals surface area contributed by atoms with Crippen LogP contribution in [-0.4, -0.2) is 71.5 Å². The van der Waals surface area contributed by atoms with E-state index < -0.39 is 12.2 Å². The molecule has 0 saturated carbocycles. The molecule has 0 spiro atoms. The molecule has 1 N–H and O–H groups in total. The third-order valence-corrected chi connectivity index (χ3v) is 5.17. The van der Waals surface area contributed by atoms with Crippen molar-refractivity contribution in [2.45, 2.75) is 58.2 Å². The Labute approximate surface area is 144 Å². The number of likely N-dealkylation sites (N-methyl/N-ethyl adjacent to an activating group) is 1. The molecule has 3 aliphatic heterocycles. The lowest BCUT2D eigenvalue weighted by molar-refractivity contribution is -0.127. The van der Waals surface area contributed by atoms with Crippen molar-refractivity contribution in [2.75, 3.05) is 26.7 Å². The van der Waals surface area contributed by atoms with Gasteiger partial charge in [-0.3, -0.25) is 10.1 Å². The summed E-state index contributed by atoms with van der Waals surface area (Å²) in [4.78, 5) is 35.3. The molecule has 3 heterocycles. The van der Waals surface area contributed by atoms with E-state index >= 15 is 0 Å². The predicted octanol–water partition coefficient (Wildman–Crippen LogP) is 1.46. The number of rotatable bonds is 3. The molecule has 24 heavy (non-hydrogen) atoms. The molecule has 3 aliphatic rings. The lowest BCUT2D eigenvalue weighted by atomic mass is 10.1. The summed E-state index contributed by atoms with van der Waals surface area (Å²) in [6, 6.07) is -0.754. The van der Waals surface area contributed by atoms with Gasteiger partial charge in [-0.15, -0.1) is 0 Å². The van der Waals surface area contributed by atoms with Crippen molar-refractivity contribution in [1.82, 2.24) is 20.0 Å².